The minimum Gasteiger partial charge on any atom is -0.495 e. The largest absolute Gasteiger partial charge is 0.495 e. The number of methoxy groups -OCH3 is 3. The molecule has 3 aromatic rings. The number of carbonyl (C=O) groups excluding carboxylic acids is 2. The molecule has 2 atom stereocenters. The molecule has 0 radical (unpaired) electrons. The standard InChI is InChI=1S/C26H24ClFN2O5/c1-30-24(15-7-5-6-8-18(15)28)23(25(31)29-19-11-14(27)9-10-20(19)33-2)16-12-21(34-3)22(35-4)13-17(16)26(30)32/h5-13,23-24H,1-4H3,(H,29,31)/t23-,24+/m1/s1. The summed E-state index contributed by atoms with van der Waals surface area (Å²) in [6.07, 6.45) is 0. The monoisotopic (exact) mass is 498 g/mol. The number of hydrogen-bond acceptors (Lipinski definition) is 5. The first-order valence-electron chi connectivity index (χ1n) is 10.7. The van der Waals surface area contributed by atoms with E-state index in [-0.39, 0.29) is 17.0 Å². The molecule has 0 fully saturated rings. The first kappa shape index (κ1) is 24.3. The van der Waals surface area contributed by atoms with Crippen LogP contribution in [-0.4, -0.2) is 45.1 Å². The summed E-state index contributed by atoms with van der Waals surface area (Å²) in [5.74, 6) is -1.29. The maximum absolute atomic E-state index is 15.0. The van der Waals surface area contributed by atoms with Crippen molar-refractivity contribution in [3.63, 3.8) is 0 Å². The topological polar surface area (TPSA) is 77.1 Å². The number of amides is 2. The normalized spacial score (nSPS) is 17.0. The highest BCUT2D eigenvalue weighted by Crippen LogP contribution is 2.46. The van der Waals surface area contributed by atoms with Crippen LogP contribution in [0.4, 0.5) is 10.1 Å². The summed E-state index contributed by atoms with van der Waals surface area (Å²) in [5, 5.41) is 3.25. The maximum Gasteiger partial charge on any atom is 0.254 e. The molecular weight excluding hydrogens is 475 g/mol. The maximum atomic E-state index is 15.0. The van der Waals surface area contributed by atoms with Crippen molar-refractivity contribution in [2.45, 2.75) is 12.0 Å². The highest BCUT2D eigenvalue weighted by Gasteiger charge is 2.44. The van der Waals surface area contributed by atoms with Gasteiger partial charge in [0.2, 0.25) is 5.91 Å². The minimum absolute atomic E-state index is 0.210. The smallest absolute Gasteiger partial charge is 0.254 e. The Bertz CT molecular complexity index is 1300. The lowest BCUT2D eigenvalue weighted by Crippen LogP contribution is -2.44. The lowest BCUT2D eigenvalue weighted by Gasteiger charge is -2.40. The van der Waals surface area contributed by atoms with E-state index in [1.165, 1.54) is 38.4 Å². The zero-order chi connectivity index (χ0) is 25.3. The molecule has 3 aromatic carbocycles. The van der Waals surface area contributed by atoms with Crippen molar-refractivity contribution in [1.29, 1.82) is 0 Å². The average molecular weight is 499 g/mol. The van der Waals surface area contributed by atoms with Gasteiger partial charge in [-0.1, -0.05) is 29.8 Å². The summed E-state index contributed by atoms with van der Waals surface area (Å²) in [5.41, 5.74) is 1.20. The number of rotatable bonds is 6. The predicted octanol–water partition coefficient (Wildman–Crippen LogP) is 5.05. The molecule has 1 N–H and O–H groups in total. The minimum atomic E-state index is -0.993. The Balaban J connectivity index is 1.91. The number of hydrogen-bond donors (Lipinski definition) is 1. The molecule has 1 aliphatic heterocycles. The molecule has 0 spiro atoms. The molecule has 9 heteroatoms. The lowest BCUT2D eigenvalue weighted by molar-refractivity contribution is -0.119. The van der Waals surface area contributed by atoms with Gasteiger partial charge in [0.25, 0.3) is 5.91 Å². The van der Waals surface area contributed by atoms with E-state index in [4.69, 9.17) is 25.8 Å². The molecule has 1 heterocycles. The summed E-state index contributed by atoms with van der Waals surface area (Å²) in [4.78, 5) is 28.6. The van der Waals surface area contributed by atoms with E-state index in [0.29, 0.717) is 33.5 Å². The molecule has 0 unspecified atom stereocenters. The first-order valence-corrected chi connectivity index (χ1v) is 11.1. The number of ether oxygens (including phenoxy) is 3. The molecule has 0 saturated carbocycles. The van der Waals surface area contributed by atoms with E-state index in [2.05, 4.69) is 5.32 Å². The number of fused-ring (bicyclic) bond motifs is 1. The molecule has 182 valence electrons. The Morgan fingerprint density at radius 3 is 2.26 bits per heavy atom. The Morgan fingerprint density at radius 1 is 0.943 bits per heavy atom. The zero-order valence-electron chi connectivity index (χ0n) is 19.6. The average Bonchev–Trinajstić information content (AvgIpc) is 2.85. The molecule has 0 saturated heterocycles. The van der Waals surface area contributed by atoms with Crippen LogP contribution in [0.15, 0.2) is 54.6 Å². The van der Waals surface area contributed by atoms with Crippen LogP contribution in [0, 0.1) is 5.82 Å². The second kappa shape index (κ2) is 9.84. The summed E-state index contributed by atoms with van der Waals surface area (Å²) >= 11 is 6.14. The molecule has 2 amide bonds. The van der Waals surface area contributed by atoms with Crippen molar-refractivity contribution in [1.82, 2.24) is 4.90 Å². The van der Waals surface area contributed by atoms with Crippen LogP contribution >= 0.6 is 11.6 Å². The highest BCUT2D eigenvalue weighted by atomic mass is 35.5. The quantitative estimate of drug-likeness (QED) is 0.514. The highest BCUT2D eigenvalue weighted by molar-refractivity contribution is 6.31. The van der Waals surface area contributed by atoms with E-state index in [0.717, 1.165) is 0 Å². The molecule has 7 nitrogen and oxygen atoms in total. The van der Waals surface area contributed by atoms with E-state index in [9.17, 15) is 14.0 Å². The van der Waals surface area contributed by atoms with E-state index < -0.39 is 23.7 Å². The second-order valence-electron chi connectivity index (χ2n) is 7.99. The van der Waals surface area contributed by atoms with Crippen molar-refractivity contribution in [3.05, 3.63) is 82.1 Å². The lowest BCUT2D eigenvalue weighted by atomic mass is 9.79. The summed E-state index contributed by atoms with van der Waals surface area (Å²) in [6, 6.07) is 13.1. The van der Waals surface area contributed by atoms with Crippen LogP contribution in [0.5, 0.6) is 17.2 Å². The van der Waals surface area contributed by atoms with Crippen LogP contribution in [-0.2, 0) is 4.79 Å². The number of nitrogens with one attached hydrogen (secondary N) is 1. The fourth-order valence-corrected chi connectivity index (χ4v) is 4.60. The second-order valence-corrected chi connectivity index (χ2v) is 8.42. The number of carbonyl (C=O) groups is 2. The Kier molecular flexibility index (Phi) is 6.84. The number of benzene rings is 3. The third kappa shape index (κ3) is 4.37. The Morgan fingerprint density at radius 2 is 1.60 bits per heavy atom. The Hall–Kier alpha value is -3.78. The number of anilines is 1. The van der Waals surface area contributed by atoms with Crippen molar-refractivity contribution in [3.8, 4) is 17.2 Å². The van der Waals surface area contributed by atoms with Crippen LogP contribution in [0.25, 0.3) is 0 Å². The summed E-state index contributed by atoms with van der Waals surface area (Å²) in [7, 11) is 5.93. The molecule has 1 aliphatic rings. The molecule has 35 heavy (non-hydrogen) atoms. The number of likely N-dealkylation sites (N-methyl/N-ethyl adjacent to an activating group) is 1. The van der Waals surface area contributed by atoms with Crippen molar-refractivity contribution < 1.29 is 28.2 Å². The molecule has 0 bridgehead atoms. The number of nitrogens with zero attached hydrogens (tertiary/aromatic N) is 1. The van der Waals surface area contributed by atoms with Crippen LogP contribution in [0.3, 0.4) is 0 Å². The van der Waals surface area contributed by atoms with Gasteiger partial charge in [0, 0.05) is 23.2 Å². The van der Waals surface area contributed by atoms with Gasteiger partial charge in [-0.25, -0.2) is 4.39 Å². The zero-order valence-corrected chi connectivity index (χ0v) is 20.4. The van der Waals surface area contributed by atoms with Gasteiger partial charge in [-0.05, 0) is 42.0 Å². The van der Waals surface area contributed by atoms with Gasteiger partial charge in [0.1, 0.15) is 11.6 Å². The molecular formula is C26H24ClFN2O5. The third-order valence-electron chi connectivity index (χ3n) is 6.10. The van der Waals surface area contributed by atoms with Gasteiger partial charge in [-0.2, -0.15) is 0 Å². The van der Waals surface area contributed by atoms with Crippen LogP contribution < -0.4 is 19.5 Å². The van der Waals surface area contributed by atoms with Crippen LogP contribution in [0.1, 0.15) is 33.4 Å². The van der Waals surface area contributed by atoms with Gasteiger partial charge in [0.05, 0.1) is 39.0 Å². The van der Waals surface area contributed by atoms with Crippen molar-refractivity contribution >= 4 is 29.1 Å². The fraction of sp³-hybridized carbons (Fsp3) is 0.231. The van der Waals surface area contributed by atoms with Crippen molar-refractivity contribution in [2.75, 3.05) is 33.7 Å². The van der Waals surface area contributed by atoms with Gasteiger partial charge < -0.3 is 24.4 Å². The van der Waals surface area contributed by atoms with E-state index in [1.54, 1.807) is 49.5 Å². The van der Waals surface area contributed by atoms with Gasteiger partial charge >= 0.3 is 0 Å². The van der Waals surface area contributed by atoms with E-state index >= 15 is 0 Å². The van der Waals surface area contributed by atoms with Crippen molar-refractivity contribution in [2.24, 2.45) is 0 Å². The van der Waals surface area contributed by atoms with E-state index in [1.807, 2.05) is 0 Å². The molecule has 0 aliphatic carbocycles. The summed E-state index contributed by atoms with van der Waals surface area (Å²) in [6.45, 7) is 0. The van der Waals surface area contributed by atoms with Gasteiger partial charge in [0.15, 0.2) is 11.5 Å². The fourth-order valence-electron chi connectivity index (χ4n) is 4.42. The van der Waals surface area contributed by atoms with Gasteiger partial charge in [-0.3, -0.25) is 9.59 Å². The first-order chi connectivity index (χ1) is 16.8. The predicted molar refractivity (Wildman–Crippen MR) is 130 cm³/mol. The van der Waals surface area contributed by atoms with Crippen LogP contribution in [0.2, 0.25) is 5.02 Å². The summed E-state index contributed by atoms with van der Waals surface area (Å²) < 4.78 is 31.2. The van der Waals surface area contributed by atoms with Gasteiger partial charge in [-0.15, -0.1) is 0 Å². The SMILES string of the molecule is COc1ccc(Cl)cc1NC(=O)[C@@H]1c2cc(OC)c(OC)cc2C(=O)N(C)[C@H]1c1ccccc1F. The third-order valence-corrected chi connectivity index (χ3v) is 6.34. The molecule has 0 aromatic heterocycles. The molecule has 4 rings (SSSR count). The number of halogens is 2. The Labute approximate surface area is 207 Å².